The summed E-state index contributed by atoms with van der Waals surface area (Å²) in [4.78, 5) is 11.4. The van der Waals surface area contributed by atoms with E-state index in [0.29, 0.717) is 16.9 Å². The standard InChI is InChI=1S/C13H22O2/c1-9(2)12(14)15-11-8-13(4,5)7-6-10(11)3/h10-11H,1,6-8H2,2-5H3. The van der Waals surface area contributed by atoms with E-state index in [1.807, 2.05) is 0 Å². The number of ether oxygens (including phenoxy) is 1. The second kappa shape index (κ2) is 4.38. The molecule has 2 unspecified atom stereocenters. The van der Waals surface area contributed by atoms with Gasteiger partial charge in [0.2, 0.25) is 0 Å². The maximum absolute atomic E-state index is 11.4. The summed E-state index contributed by atoms with van der Waals surface area (Å²) in [6.45, 7) is 11.9. The van der Waals surface area contributed by atoms with Crippen molar-refractivity contribution in [1.82, 2.24) is 0 Å². The first-order valence-corrected chi connectivity index (χ1v) is 5.68. The summed E-state index contributed by atoms with van der Waals surface area (Å²) in [6.07, 6.45) is 3.39. The molecule has 1 fully saturated rings. The molecule has 1 saturated carbocycles. The largest absolute Gasteiger partial charge is 0.459 e. The second-order valence-electron chi connectivity index (χ2n) is 5.61. The van der Waals surface area contributed by atoms with Gasteiger partial charge in [-0.25, -0.2) is 4.79 Å². The first kappa shape index (κ1) is 12.3. The molecule has 0 aromatic rings. The van der Waals surface area contributed by atoms with Crippen LogP contribution >= 0.6 is 0 Å². The summed E-state index contributed by atoms with van der Waals surface area (Å²) in [6, 6.07) is 0. The van der Waals surface area contributed by atoms with Crippen LogP contribution in [0, 0.1) is 11.3 Å². The van der Waals surface area contributed by atoms with Gasteiger partial charge in [0.1, 0.15) is 6.10 Å². The molecule has 0 aromatic carbocycles. The molecule has 0 N–H and O–H groups in total. The van der Waals surface area contributed by atoms with Crippen LogP contribution in [0.15, 0.2) is 12.2 Å². The van der Waals surface area contributed by atoms with Crippen molar-refractivity contribution >= 4 is 5.97 Å². The summed E-state index contributed by atoms with van der Waals surface area (Å²) in [5.41, 5.74) is 0.789. The highest BCUT2D eigenvalue weighted by molar-refractivity contribution is 5.87. The molecule has 0 aliphatic heterocycles. The SMILES string of the molecule is C=C(C)C(=O)OC1CC(C)(C)CCC1C. The lowest BCUT2D eigenvalue weighted by atomic mass is 9.72. The van der Waals surface area contributed by atoms with Crippen molar-refractivity contribution in [2.75, 3.05) is 0 Å². The van der Waals surface area contributed by atoms with Crippen LogP contribution in [0.25, 0.3) is 0 Å². The molecule has 0 heterocycles. The predicted octanol–water partition coefficient (Wildman–Crippen LogP) is 3.32. The monoisotopic (exact) mass is 210 g/mol. The van der Waals surface area contributed by atoms with Crippen LogP contribution in [-0.4, -0.2) is 12.1 Å². The topological polar surface area (TPSA) is 26.3 Å². The lowest BCUT2D eigenvalue weighted by Gasteiger charge is -2.38. The molecule has 0 spiro atoms. The molecule has 1 aliphatic carbocycles. The van der Waals surface area contributed by atoms with Gasteiger partial charge >= 0.3 is 5.97 Å². The summed E-state index contributed by atoms with van der Waals surface area (Å²) in [7, 11) is 0. The Hall–Kier alpha value is -0.790. The Balaban J connectivity index is 2.59. The average Bonchev–Trinajstić information content (AvgIpc) is 2.11. The van der Waals surface area contributed by atoms with E-state index in [-0.39, 0.29) is 12.1 Å². The highest BCUT2D eigenvalue weighted by Crippen LogP contribution is 2.39. The van der Waals surface area contributed by atoms with Crippen LogP contribution in [-0.2, 0) is 9.53 Å². The van der Waals surface area contributed by atoms with E-state index in [9.17, 15) is 4.79 Å². The minimum atomic E-state index is -0.246. The molecule has 1 aliphatic rings. The van der Waals surface area contributed by atoms with Gasteiger partial charge in [-0.05, 0) is 37.5 Å². The molecular weight excluding hydrogens is 188 g/mol. The fourth-order valence-electron chi connectivity index (χ4n) is 2.05. The Morgan fingerprint density at radius 1 is 1.47 bits per heavy atom. The molecule has 0 radical (unpaired) electrons. The Morgan fingerprint density at radius 3 is 2.60 bits per heavy atom. The number of rotatable bonds is 2. The van der Waals surface area contributed by atoms with Crippen LogP contribution < -0.4 is 0 Å². The Morgan fingerprint density at radius 2 is 2.07 bits per heavy atom. The minimum Gasteiger partial charge on any atom is -0.459 e. The van der Waals surface area contributed by atoms with Gasteiger partial charge in [0.25, 0.3) is 0 Å². The summed E-state index contributed by atoms with van der Waals surface area (Å²) >= 11 is 0. The van der Waals surface area contributed by atoms with Crippen molar-refractivity contribution in [1.29, 1.82) is 0 Å². The van der Waals surface area contributed by atoms with Crippen LogP contribution in [0.4, 0.5) is 0 Å². The molecule has 2 heteroatoms. The summed E-state index contributed by atoms with van der Waals surface area (Å²) in [5, 5.41) is 0. The highest BCUT2D eigenvalue weighted by Gasteiger charge is 2.34. The Bertz CT molecular complexity index is 266. The third-order valence-electron chi connectivity index (χ3n) is 3.27. The van der Waals surface area contributed by atoms with E-state index in [0.717, 1.165) is 12.8 Å². The Kier molecular flexibility index (Phi) is 3.58. The number of hydrogen-bond acceptors (Lipinski definition) is 2. The average molecular weight is 210 g/mol. The zero-order valence-corrected chi connectivity index (χ0v) is 10.3. The Labute approximate surface area is 92.7 Å². The zero-order valence-electron chi connectivity index (χ0n) is 10.3. The molecule has 2 nitrogen and oxygen atoms in total. The molecule has 0 bridgehead atoms. The fourth-order valence-corrected chi connectivity index (χ4v) is 2.05. The summed E-state index contributed by atoms with van der Waals surface area (Å²) < 4.78 is 5.46. The van der Waals surface area contributed by atoms with Crippen LogP contribution in [0.2, 0.25) is 0 Å². The van der Waals surface area contributed by atoms with Gasteiger partial charge in [0, 0.05) is 5.57 Å². The number of carbonyl (C=O) groups excluding carboxylic acids is 1. The zero-order chi connectivity index (χ0) is 11.6. The van der Waals surface area contributed by atoms with Gasteiger partial charge in [-0.3, -0.25) is 0 Å². The van der Waals surface area contributed by atoms with E-state index >= 15 is 0 Å². The van der Waals surface area contributed by atoms with Crippen molar-refractivity contribution < 1.29 is 9.53 Å². The van der Waals surface area contributed by atoms with E-state index in [2.05, 4.69) is 27.4 Å². The molecular formula is C13H22O2. The van der Waals surface area contributed by atoms with Gasteiger partial charge in [0.05, 0.1) is 0 Å². The number of hydrogen-bond donors (Lipinski definition) is 0. The van der Waals surface area contributed by atoms with Crippen molar-refractivity contribution in [3.63, 3.8) is 0 Å². The molecule has 1 rings (SSSR count). The van der Waals surface area contributed by atoms with E-state index in [1.165, 1.54) is 6.42 Å². The van der Waals surface area contributed by atoms with E-state index < -0.39 is 0 Å². The van der Waals surface area contributed by atoms with Gasteiger partial charge < -0.3 is 4.74 Å². The first-order valence-electron chi connectivity index (χ1n) is 5.68. The van der Waals surface area contributed by atoms with Gasteiger partial charge in [-0.1, -0.05) is 27.4 Å². The molecule has 0 aromatic heterocycles. The van der Waals surface area contributed by atoms with E-state index in [4.69, 9.17) is 4.74 Å². The third kappa shape index (κ3) is 3.37. The van der Waals surface area contributed by atoms with Crippen molar-refractivity contribution in [2.24, 2.45) is 11.3 Å². The van der Waals surface area contributed by atoms with Gasteiger partial charge in [-0.15, -0.1) is 0 Å². The van der Waals surface area contributed by atoms with Crippen LogP contribution in [0.3, 0.4) is 0 Å². The highest BCUT2D eigenvalue weighted by atomic mass is 16.5. The minimum absolute atomic E-state index is 0.0675. The second-order valence-corrected chi connectivity index (χ2v) is 5.61. The van der Waals surface area contributed by atoms with Gasteiger partial charge in [-0.2, -0.15) is 0 Å². The van der Waals surface area contributed by atoms with Crippen molar-refractivity contribution in [3.05, 3.63) is 12.2 Å². The lowest BCUT2D eigenvalue weighted by Crippen LogP contribution is -2.36. The molecule has 15 heavy (non-hydrogen) atoms. The molecule has 2 atom stereocenters. The smallest absolute Gasteiger partial charge is 0.333 e. The van der Waals surface area contributed by atoms with E-state index in [1.54, 1.807) is 6.92 Å². The van der Waals surface area contributed by atoms with Gasteiger partial charge in [0.15, 0.2) is 0 Å². The van der Waals surface area contributed by atoms with Crippen LogP contribution in [0.1, 0.15) is 47.0 Å². The van der Waals surface area contributed by atoms with Crippen molar-refractivity contribution in [3.8, 4) is 0 Å². The number of esters is 1. The fraction of sp³-hybridized carbons (Fsp3) is 0.769. The first-order chi connectivity index (χ1) is 6.82. The quantitative estimate of drug-likeness (QED) is 0.516. The maximum atomic E-state index is 11.4. The number of carbonyl (C=O) groups is 1. The lowest BCUT2D eigenvalue weighted by molar-refractivity contribution is -0.150. The van der Waals surface area contributed by atoms with Crippen LogP contribution in [0.5, 0.6) is 0 Å². The van der Waals surface area contributed by atoms with Crippen molar-refractivity contribution in [2.45, 2.75) is 53.1 Å². The summed E-state index contributed by atoms with van der Waals surface area (Å²) in [5.74, 6) is 0.228. The predicted molar refractivity (Wildman–Crippen MR) is 61.5 cm³/mol. The third-order valence-corrected chi connectivity index (χ3v) is 3.27. The molecule has 0 amide bonds. The molecule has 0 saturated heterocycles. The normalized spacial score (nSPS) is 29.6. The maximum Gasteiger partial charge on any atom is 0.333 e. The molecule has 86 valence electrons.